The molecule has 0 unspecified atom stereocenters. The first-order valence-electron chi connectivity index (χ1n) is 3.58. The lowest BCUT2D eigenvalue weighted by atomic mass is 10.1. The molecule has 1 aromatic carbocycles. The van der Waals surface area contributed by atoms with Crippen molar-refractivity contribution in [1.29, 1.82) is 0 Å². The molecule has 78 valence electrons. The third kappa shape index (κ3) is 2.15. The quantitative estimate of drug-likeness (QED) is 0.617. The van der Waals surface area contributed by atoms with Gasteiger partial charge in [-0.3, -0.25) is 0 Å². The summed E-state index contributed by atoms with van der Waals surface area (Å²) in [6.07, 6.45) is -4.43. The van der Waals surface area contributed by atoms with E-state index in [2.05, 4.69) is 15.9 Å². The van der Waals surface area contributed by atoms with Gasteiger partial charge in [0.1, 0.15) is 0 Å². The van der Waals surface area contributed by atoms with E-state index in [1.165, 1.54) is 6.07 Å². The molecule has 0 radical (unpaired) electrons. The maximum atomic E-state index is 12.3. The van der Waals surface area contributed by atoms with Crippen LogP contribution in [0.1, 0.15) is 11.1 Å². The lowest BCUT2D eigenvalue weighted by Crippen LogP contribution is -2.09. The van der Waals surface area contributed by atoms with Crippen molar-refractivity contribution in [2.75, 3.05) is 5.73 Å². The highest BCUT2D eigenvalue weighted by Crippen LogP contribution is 2.38. The zero-order chi connectivity index (χ0) is 10.9. The van der Waals surface area contributed by atoms with Crippen LogP contribution in [-0.2, 0) is 12.1 Å². The Kier molecular flexibility index (Phi) is 3.32. The predicted octanol–water partition coefficient (Wildman–Crippen LogP) is 3.79. The Morgan fingerprint density at radius 3 is 2.36 bits per heavy atom. The van der Waals surface area contributed by atoms with E-state index >= 15 is 0 Å². The van der Waals surface area contributed by atoms with E-state index in [1.807, 2.05) is 0 Å². The number of nitrogen functional groups attached to an aromatic ring is 1. The number of rotatable bonds is 1. The molecule has 0 saturated carbocycles. The highest BCUT2D eigenvalue weighted by Gasteiger charge is 2.33. The van der Waals surface area contributed by atoms with E-state index in [0.29, 0.717) is 5.56 Å². The van der Waals surface area contributed by atoms with Gasteiger partial charge in [0.05, 0.1) is 11.3 Å². The molecule has 0 aliphatic carbocycles. The van der Waals surface area contributed by atoms with E-state index in [-0.39, 0.29) is 16.0 Å². The number of halogens is 5. The second-order valence-electron chi connectivity index (χ2n) is 2.63. The van der Waals surface area contributed by atoms with Crippen molar-refractivity contribution in [3.8, 4) is 0 Å². The molecular formula is C8H6BrClF3N. The Hall–Kier alpha value is -0.420. The van der Waals surface area contributed by atoms with Crippen LogP contribution in [-0.4, -0.2) is 0 Å². The number of hydrogen-bond acceptors (Lipinski definition) is 1. The Labute approximate surface area is 92.2 Å². The van der Waals surface area contributed by atoms with E-state index < -0.39 is 11.7 Å². The smallest absolute Gasteiger partial charge is 0.397 e. The fraction of sp³-hybridized carbons (Fsp3) is 0.250. The van der Waals surface area contributed by atoms with Crippen LogP contribution in [0.25, 0.3) is 0 Å². The largest absolute Gasteiger partial charge is 0.418 e. The Morgan fingerprint density at radius 2 is 1.93 bits per heavy atom. The Balaban J connectivity index is 3.31. The second kappa shape index (κ2) is 3.98. The summed E-state index contributed by atoms with van der Waals surface area (Å²) in [7, 11) is 0. The lowest BCUT2D eigenvalue weighted by molar-refractivity contribution is -0.136. The summed E-state index contributed by atoms with van der Waals surface area (Å²) >= 11 is 8.48. The highest BCUT2D eigenvalue weighted by atomic mass is 79.9. The SMILES string of the molecule is Nc1c(C(F)(F)F)ccc(CCl)c1Br. The zero-order valence-electron chi connectivity index (χ0n) is 6.83. The van der Waals surface area contributed by atoms with Crippen LogP contribution in [0.15, 0.2) is 16.6 Å². The number of anilines is 1. The standard InChI is InChI=1S/C8H6BrClF3N/c9-6-4(3-10)1-2-5(7(6)14)8(11,12)13/h1-2H,3,14H2. The van der Waals surface area contributed by atoms with Crippen LogP contribution >= 0.6 is 27.5 Å². The van der Waals surface area contributed by atoms with Crippen molar-refractivity contribution in [2.24, 2.45) is 0 Å². The molecule has 6 heteroatoms. The predicted molar refractivity (Wildman–Crippen MR) is 53.1 cm³/mol. The van der Waals surface area contributed by atoms with Crippen molar-refractivity contribution in [3.05, 3.63) is 27.7 Å². The maximum Gasteiger partial charge on any atom is 0.418 e. The van der Waals surface area contributed by atoms with Gasteiger partial charge in [-0.2, -0.15) is 13.2 Å². The summed E-state index contributed by atoms with van der Waals surface area (Å²) < 4.78 is 37.2. The van der Waals surface area contributed by atoms with Gasteiger partial charge in [-0.25, -0.2) is 0 Å². The van der Waals surface area contributed by atoms with Crippen molar-refractivity contribution >= 4 is 33.2 Å². The third-order valence-corrected chi connectivity index (χ3v) is 2.93. The maximum absolute atomic E-state index is 12.3. The summed E-state index contributed by atoms with van der Waals surface area (Å²) in [5, 5.41) is 0. The fourth-order valence-electron chi connectivity index (χ4n) is 0.988. The molecule has 0 aliphatic rings. The summed E-state index contributed by atoms with van der Waals surface area (Å²) in [6, 6.07) is 2.23. The van der Waals surface area contributed by atoms with Gasteiger partial charge in [0, 0.05) is 10.4 Å². The number of hydrogen-bond donors (Lipinski definition) is 1. The molecule has 2 N–H and O–H groups in total. The molecule has 0 spiro atoms. The molecule has 14 heavy (non-hydrogen) atoms. The van der Waals surface area contributed by atoms with Crippen LogP contribution in [0.5, 0.6) is 0 Å². The first-order chi connectivity index (χ1) is 6.38. The minimum Gasteiger partial charge on any atom is -0.397 e. The van der Waals surface area contributed by atoms with E-state index in [0.717, 1.165) is 6.07 Å². The Bertz CT molecular complexity index is 351. The average molecular weight is 288 g/mol. The Morgan fingerprint density at radius 1 is 1.36 bits per heavy atom. The fourth-order valence-corrected chi connectivity index (χ4v) is 1.86. The molecule has 0 amide bonds. The number of alkyl halides is 4. The second-order valence-corrected chi connectivity index (χ2v) is 3.69. The van der Waals surface area contributed by atoms with Gasteiger partial charge in [-0.1, -0.05) is 6.07 Å². The molecule has 1 nitrogen and oxygen atoms in total. The minimum atomic E-state index is -4.43. The van der Waals surface area contributed by atoms with Crippen molar-refractivity contribution in [3.63, 3.8) is 0 Å². The van der Waals surface area contributed by atoms with Gasteiger partial charge in [0.25, 0.3) is 0 Å². The monoisotopic (exact) mass is 287 g/mol. The average Bonchev–Trinajstić information content (AvgIpc) is 2.07. The molecule has 0 atom stereocenters. The van der Waals surface area contributed by atoms with Crippen LogP contribution in [0.3, 0.4) is 0 Å². The number of benzene rings is 1. The molecule has 0 aliphatic heterocycles. The first-order valence-corrected chi connectivity index (χ1v) is 4.90. The topological polar surface area (TPSA) is 26.0 Å². The van der Waals surface area contributed by atoms with Gasteiger partial charge in [-0.15, -0.1) is 11.6 Å². The van der Waals surface area contributed by atoms with Crippen molar-refractivity contribution < 1.29 is 13.2 Å². The lowest BCUT2D eigenvalue weighted by Gasteiger charge is -2.12. The molecule has 0 bridgehead atoms. The van der Waals surface area contributed by atoms with Gasteiger partial charge >= 0.3 is 6.18 Å². The molecule has 0 saturated heterocycles. The molecular weight excluding hydrogens is 282 g/mol. The van der Waals surface area contributed by atoms with E-state index in [1.54, 1.807) is 0 Å². The molecule has 0 aromatic heterocycles. The van der Waals surface area contributed by atoms with Gasteiger partial charge in [0.15, 0.2) is 0 Å². The van der Waals surface area contributed by atoms with Crippen LogP contribution in [0, 0.1) is 0 Å². The third-order valence-electron chi connectivity index (χ3n) is 1.71. The molecule has 1 aromatic rings. The summed E-state index contributed by atoms with van der Waals surface area (Å²) in [4.78, 5) is 0. The highest BCUT2D eigenvalue weighted by molar-refractivity contribution is 9.10. The normalized spacial score (nSPS) is 11.8. The summed E-state index contributed by atoms with van der Waals surface area (Å²) in [5.74, 6) is 0.114. The van der Waals surface area contributed by atoms with E-state index in [4.69, 9.17) is 17.3 Å². The first kappa shape index (κ1) is 11.7. The van der Waals surface area contributed by atoms with Crippen molar-refractivity contribution in [2.45, 2.75) is 12.1 Å². The molecule has 0 heterocycles. The summed E-state index contributed by atoms with van der Waals surface area (Å²) in [5.41, 5.74) is 4.69. The van der Waals surface area contributed by atoms with Crippen LogP contribution < -0.4 is 5.73 Å². The van der Waals surface area contributed by atoms with Gasteiger partial charge < -0.3 is 5.73 Å². The van der Waals surface area contributed by atoms with Crippen molar-refractivity contribution in [1.82, 2.24) is 0 Å². The van der Waals surface area contributed by atoms with Crippen LogP contribution in [0.2, 0.25) is 0 Å². The molecule has 1 rings (SSSR count). The van der Waals surface area contributed by atoms with E-state index in [9.17, 15) is 13.2 Å². The van der Waals surface area contributed by atoms with Gasteiger partial charge in [0.2, 0.25) is 0 Å². The minimum absolute atomic E-state index is 0.114. The van der Waals surface area contributed by atoms with Crippen LogP contribution in [0.4, 0.5) is 18.9 Å². The van der Waals surface area contributed by atoms with Gasteiger partial charge in [-0.05, 0) is 27.6 Å². The number of nitrogens with two attached hydrogens (primary N) is 1. The molecule has 0 fully saturated rings. The summed E-state index contributed by atoms with van der Waals surface area (Å²) in [6.45, 7) is 0. The zero-order valence-corrected chi connectivity index (χ0v) is 9.17.